The Hall–Kier alpha value is -0.480. The van der Waals surface area contributed by atoms with Gasteiger partial charge in [0.25, 0.3) is 0 Å². The predicted octanol–water partition coefficient (Wildman–Crippen LogP) is 2.89. The number of rotatable bonds is 2. The molecule has 1 aromatic rings. The minimum Gasteiger partial charge on any atom is -0.361 e. The van der Waals surface area contributed by atoms with E-state index in [4.69, 9.17) is 0 Å². The van der Waals surface area contributed by atoms with Crippen LogP contribution in [0.1, 0.15) is 5.56 Å². The van der Waals surface area contributed by atoms with Crippen molar-refractivity contribution in [2.75, 3.05) is 13.3 Å². The maximum atomic E-state index is 4.10. The van der Waals surface area contributed by atoms with Gasteiger partial charge in [-0.25, -0.2) is 0 Å². The van der Waals surface area contributed by atoms with Crippen LogP contribution in [-0.2, 0) is 6.54 Å². The first kappa shape index (κ1) is 11.6. The van der Waals surface area contributed by atoms with Crippen molar-refractivity contribution in [3.8, 4) is 0 Å². The van der Waals surface area contributed by atoms with Gasteiger partial charge < -0.3 is 5.32 Å². The number of nitrogens with one attached hydrogen (secondary N) is 1. The van der Waals surface area contributed by atoms with Crippen LogP contribution in [0.2, 0.25) is 0 Å². The van der Waals surface area contributed by atoms with Crippen molar-refractivity contribution in [2.24, 2.45) is 4.99 Å². The van der Waals surface area contributed by atoms with E-state index in [1.807, 2.05) is 24.5 Å². The minimum atomic E-state index is 0.801. The van der Waals surface area contributed by atoms with Gasteiger partial charge in [0.15, 0.2) is 5.17 Å². The molecule has 0 saturated carbocycles. The molecule has 0 aliphatic carbocycles. The highest BCUT2D eigenvalue weighted by atomic mass is 79.9. The molecule has 4 heteroatoms. The summed E-state index contributed by atoms with van der Waals surface area (Å²) in [7, 11) is 1.79. The Morgan fingerprint density at radius 2 is 2.21 bits per heavy atom. The van der Waals surface area contributed by atoms with Crippen molar-refractivity contribution in [1.29, 1.82) is 0 Å². The Labute approximate surface area is 97.3 Å². The molecule has 0 amide bonds. The topological polar surface area (TPSA) is 24.4 Å². The summed E-state index contributed by atoms with van der Waals surface area (Å²) in [6.45, 7) is 0.801. The lowest BCUT2D eigenvalue weighted by Gasteiger charge is -2.07. The summed E-state index contributed by atoms with van der Waals surface area (Å²) in [4.78, 5) is 4.10. The Bertz CT molecular complexity index is 326. The molecule has 2 nitrogen and oxygen atoms in total. The second-order valence-corrected chi connectivity index (χ2v) is 4.33. The smallest absolute Gasteiger partial charge is 0.156 e. The molecule has 0 aliphatic heterocycles. The first-order valence-corrected chi connectivity index (χ1v) is 6.27. The van der Waals surface area contributed by atoms with Gasteiger partial charge in [0.2, 0.25) is 0 Å². The third-order valence-electron chi connectivity index (χ3n) is 1.78. The molecule has 0 radical (unpaired) electrons. The van der Waals surface area contributed by atoms with Crippen LogP contribution in [-0.4, -0.2) is 18.5 Å². The van der Waals surface area contributed by atoms with Crippen molar-refractivity contribution >= 4 is 32.9 Å². The maximum Gasteiger partial charge on any atom is 0.156 e. The van der Waals surface area contributed by atoms with Crippen LogP contribution in [0.3, 0.4) is 0 Å². The summed E-state index contributed by atoms with van der Waals surface area (Å²) >= 11 is 5.12. The van der Waals surface area contributed by atoms with E-state index in [2.05, 4.69) is 32.3 Å². The summed E-state index contributed by atoms with van der Waals surface area (Å²) in [6, 6.07) is 8.17. The van der Waals surface area contributed by atoms with E-state index in [0.29, 0.717) is 0 Å². The SMILES string of the molecule is CN=C(NCc1ccccc1Br)SC. The normalized spacial score (nSPS) is 11.5. The second kappa shape index (κ2) is 6.09. The van der Waals surface area contributed by atoms with Crippen LogP contribution in [0.4, 0.5) is 0 Å². The molecule has 0 heterocycles. The molecule has 1 aromatic carbocycles. The molecule has 0 aliphatic rings. The highest BCUT2D eigenvalue weighted by molar-refractivity contribution is 9.10. The van der Waals surface area contributed by atoms with Gasteiger partial charge in [-0.3, -0.25) is 4.99 Å². The average Bonchev–Trinajstić information content (AvgIpc) is 2.22. The van der Waals surface area contributed by atoms with Crippen molar-refractivity contribution in [3.63, 3.8) is 0 Å². The van der Waals surface area contributed by atoms with E-state index in [9.17, 15) is 0 Å². The van der Waals surface area contributed by atoms with Gasteiger partial charge in [-0.1, -0.05) is 45.9 Å². The van der Waals surface area contributed by atoms with Gasteiger partial charge in [0.1, 0.15) is 0 Å². The van der Waals surface area contributed by atoms with Gasteiger partial charge in [-0.2, -0.15) is 0 Å². The molecule has 14 heavy (non-hydrogen) atoms. The van der Waals surface area contributed by atoms with Gasteiger partial charge in [0.05, 0.1) is 0 Å². The number of thioether (sulfide) groups is 1. The lowest BCUT2D eigenvalue weighted by molar-refractivity contribution is 0.920. The Balaban J connectivity index is 2.58. The number of amidine groups is 1. The lowest BCUT2D eigenvalue weighted by atomic mass is 10.2. The zero-order valence-electron chi connectivity index (χ0n) is 8.25. The van der Waals surface area contributed by atoms with Crippen LogP contribution in [0.25, 0.3) is 0 Å². The third kappa shape index (κ3) is 3.35. The molecular formula is C10H13BrN2S. The molecule has 76 valence electrons. The summed E-state index contributed by atoms with van der Waals surface area (Å²) in [5.41, 5.74) is 1.24. The van der Waals surface area contributed by atoms with Crippen molar-refractivity contribution in [1.82, 2.24) is 5.32 Å². The van der Waals surface area contributed by atoms with E-state index < -0.39 is 0 Å². The van der Waals surface area contributed by atoms with Gasteiger partial charge in [-0.05, 0) is 17.9 Å². The van der Waals surface area contributed by atoms with Gasteiger partial charge in [0, 0.05) is 18.1 Å². The number of benzene rings is 1. The summed E-state index contributed by atoms with van der Waals surface area (Å²) in [6.07, 6.45) is 2.01. The molecule has 0 saturated heterocycles. The lowest BCUT2D eigenvalue weighted by Crippen LogP contribution is -2.19. The van der Waals surface area contributed by atoms with Crippen LogP contribution >= 0.6 is 27.7 Å². The summed E-state index contributed by atoms with van der Waals surface area (Å²) < 4.78 is 1.13. The van der Waals surface area contributed by atoms with Crippen molar-refractivity contribution in [3.05, 3.63) is 34.3 Å². The van der Waals surface area contributed by atoms with Crippen LogP contribution in [0.15, 0.2) is 33.7 Å². The average molecular weight is 273 g/mol. The first-order valence-electron chi connectivity index (χ1n) is 4.26. The fraction of sp³-hybridized carbons (Fsp3) is 0.300. The number of hydrogen-bond acceptors (Lipinski definition) is 2. The fourth-order valence-corrected chi connectivity index (χ4v) is 1.88. The zero-order valence-corrected chi connectivity index (χ0v) is 10.7. The van der Waals surface area contributed by atoms with E-state index in [0.717, 1.165) is 16.2 Å². The van der Waals surface area contributed by atoms with E-state index >= 15 is 0 Å². The fourth-order valence-electron chi connectivity index (χ4n) is 1.06. The predicted molar refractivity (Wildman–Crippen MR) is 67.9 cm³/mol. The quantitative estimate of drug-likeness (QED) is 0.662. The molecule has 0 atom stereocenters. The number of nitrogens with zero attached hydrogens (tertiary/aromatic N) is 1. The molecule has 0 bridgehead atoms. The number of halogens is 1. The molecule has 1 N–H and O–H groups in total. The summed E-state index contributed by atoms with van der Waals surface area (Å²) in [5.74, 6) is 0. The third-order valence-corrected chi connectivity index (χ3v) is 3.27. The molecule has 0 unspecified atom stereocenters. The maximum absolute atomic E-state index is 4.10. The Morgan fingerprint density at radius 3 is 2.79 bits per heavy atom. The Morgan fingerprint density at radius 1 is 1.50 bits per heavy atom. The van der Waals surface area contributed by atoms with Crippen LogP contribution in [0, 0.1) is 0 Å². The van der Waals surface area contributed by atoms with Crippen LogP contribution in [0.5, 0.6) is 0 Å². The van der Waals surface area contributed by atoms with Gasteiger partial charge in [-0.15, -0.1) is 0 Å². The molecular weight excluding hydrogens is 260 g/mol. The van der Waals surface area contributed by atoms with E-state index in [1.54, 1.807) is 18.8 Å². The van der Waals surface area contributed by atoms with Gasteiger partial charge >= 0.3 is 0 Å². The van der Waals surface area contributed by atoms with Crippen molar-refractivity contribution in [2.45, 2.75) is 6.54 Å². The second-order valence-electron chi connectivity index (χ2n) is 2.68. The van der Waals surface area contributed by atoms with Crippen LogP contribution < -0.4 is 5.32 Å². The largest absolute Gasteiger partial charge is 0.361 e. The standard InChI is InChI=1S/C10H13BrN2S/c1-12-10(14-2)13-7-8-5-3-4-6-9(8)11/h3-6H,7H2,1-2H3,(H,12,13). The minimum absolute atomic E-state index is 0.801. The monoisotopic (exact) mass is 272 g/mol. The number of aliphatic imine (C=N–C) groups is 1. The molecule has 0 fully saturated rings. The molecule has 0 spiro atoms. The van der Waals surface area contributed by atoms with E-state index in [1.165, 1.54) is 5.56 Å². The Kier molecular flexibility index (Phi) is 5.04. The highest BCUT2D eigenvalue weighted by Crippen LogP contribution is 2.15. The highest BCUT2D eigenvalue weighted by Gasteiger charge is 1.99. The van der Waals surface area contributed by atoms with E-state index in [-0.39, 0.29) is 0 Å². The summed E-state index contributed by atoms with van der Waals surface area (Å²) in [5, 5.41) is 4.22. The zero-order chi connectivity index (χ0) is 10.4. The molecule has 1 rings (SSSR count). The van der Waals surface area contributed by atoms with Crippen molar-refractivity contribution < 1.29 is 0 Å². The molecule has 0 aromatic heterocycles. The number of hydrogen-bond donors (Lipinski definition) is 1. The first-order chi connectivity index (χ1) is 6.77.